The first kappa shape index (κ1) is 9.24. The molecule has 0 bridgehead atoms. The van der Waals surface area contributed by atoms with Gasteiger partial charge in [0.05, 0.1) is 0 Å². The minimum absolute atomic E-state index is 0.726. The number of benzene rings is 2. The van der Waals surface area contributed by atoms with Gasteiger partial charge in [-0.05, 0) is 34.2 Å². The summed E-state index contributed by atoms with van der Waals surface area (Å²) in [5, 5.41) is 0. The third kappa shape index (κ3) is 1.33. The topological polar surface area (TPSA) is 0 Å². The maximum absolute atomic E-state index is 5.34. The van der Waals surface area contributed by atoms with Crippen LogP contribution in [-0.2, 0) is 12.8 Å². The van der Waals surface area contributed by atoms with Crippen LogP contribution >= 0.6 is 0 Å². The lowest BCUT2D eigenvalue weighted by molar-refractivity contribution is 1.23. The number of rotatable bonds is 1. The van der Waals surface area contributed by atoms with E-state index in [1.165, 1.54) is 27.8 Å². The molecule has 0 aromatic heterocycles. The predicted molar refractivity (Wildman–Crippen MR) is 67.2 cm³/mol. The summed E-state index contributed by atoms with van der Waals surface area (Å²) in [6, 6.07) is 15.2. The van der Waals surface area contributed by atoms with Gasteiger partial charge in [-0.25, -0.2) is 0 Å². The van der Waals surface area contributed by atoms with Gasteiger partial charge >= 0.3 is 0 Å². The van der Waals surface area contributed by atoms with Gasteiger partial charge in [0.15, 0.2) is 0 Å². The van der Waals surface area contributed by atoms with Crippen molar-refractivity contribution in [1.29, 1.82) is 0 Å². The zero-order chi connectivity index (χ0) is 11.0. The Hall–Kier alpha value is -2.00. The number of fused-ring (bicyclic) bond motifs is 3. The molecule has 0 radical (unpaired) electrons. The van der Waals surface area contributed by atoms with Crippen LogP contribution in [0.25, 0.3) is 11.1 Å². The highest BCUT2D eigenvalue weighted by atomic mass is 14.2. The summed E-state index contributed by atoms with van der Waals surface area (Å²) in [5.41, 5.74) is 6.83. The number of terminal acetylenes is 1. The summed E-state index contributed by atoms with van der Waals surface area (Å²) in [6.45, 7) is 0. The van der Waals surface area contributed by atoms with E-state index in [4.69, 9.17) is 6.42 Å². The molecule has 1 aliphatic carbocycles. The second-order valence-corrected chi connectivity index (χ2v) is 4.21. The van der Waals surface area contributed by atoms with Crippen LogP contribution in [0.15, 0.2) is 42.5 Å². The Bertz CT molecular complexity index is 585. The molecule has 0 nitrogen and oxygen atoms in total. The van der Waals surface area contributed by atoms with E-state index in [0.29, 0.717) is 0 Å². The molecule has 0 saturated heterocycles. The quantitative estimate of drug-likeness (QED) is 0.533. The van der Waals surface area contributed by atoms with Crippen molar-refractivity contribution in [3.63, 3.8) is 0 Å². The maximum atomic E-state index is 5.34. The van der Waals surface area contributed by atoms with Crippen molar-refractivity contribution in [1.82, 2.24) is 0 Å². The summed E-state index contributed by atoms with van der Waals surface area (Å²) in [5.74, 6) is 2.70. The van der Waals surface area contributed by atoms with Gasteiger partial charge in [-0.3, -0.25) is 0 Å². The van der Waals surface area contributed by atoms with Gasteiger partial charge in [0.2, 0.25) is 0 Å². The molecular formula is C16H12. The average Bonchev–Trinajstić information content (AvgIpc) is 2.67. The van der Waals surface area contributed by atoms with E-state index < -0.39 is 0 Å². The average molecular weight is 204 g/mol. The van der Waals surface area contributed by atoms with Crippen LogP contribution in [0.4, 0.5) is 0 Å². The van der Waals surface area contributed by atoms with E-state index in [2.05, 4.69) is 48.4 Å². The van der Waals surface area contributed by atoms with Gasteiger partial charge in [0.25, 0.3) is 0 Å². The van der Waals surface area contributed by atoms with Crippen LogP contribution in [0, 0.1) is 12.3 Å². The van der Waals surface area contributed by atoms with E-state index in [1.54, 1.807) is 0 Å². The van der Waals surface area contributed by atoms with E-state index in [-0.39, 0.29) is 0 Å². The fraction of sp³-hybridized carbons (Fsp3) is 0.125. The molecule has 76 valence electrons. The molecule has 0 fully saturated rings. The monoisotopic (exact) mass is 204 g/mol. The largest absolute Gasteiger partial charge is 0.120 e. The first-order chi connectivity index (χ1) is 7.88. The van der Waals surface area contributed by atoms with Crippen LogP contribution in [0.5, 0.6) is 0 Å². The highest BCUT2D eigenvalue weighted by molar-refractivity contribution is 5.76. The lowest BCUT2D eigenvalue weighted by Crippen LogP contribution is -1.85. The minimum Gasteiger partial charge on any atom is -0.120 e. The third-order valence-electron chi connectivity index (χ3n) is 3.16. The fourth-order valence-electron chi connectivity index (χ4n) is 2.43. The molecule has 0 saturated carbocycles. The third-order valence-corrected chi connectivity index (χ3v) is 3.16. The molecule has 0 atom stereocenters. The van der Waals surface area contributed by atoms with Gasteiger partial charge in [-0.1, -0.05) is 42.5 Å². The Morgan fingerprint density at radius 3 is 2.69 bits per heavy atom. The van der Waals surface area contributed by atoms with Crippen molar-refractivity contribution >= 4 is 0 Å². The van der Waals surface area contributed by atoms with E-state index in [1.807, 2.05) is 0 Å². The van der Waals surface area contributed by atoms with Crippen molar-refractivity contribution < 1.29 is 0 Å². The highest BCUT2D eigenvalue weighted by Crippen LogP contribution is 2.36. The normalized spacial score (nSPS) is 11.7. The zero-order valence-electron chi connectivity index (χ0n) is 9.03. The van der Waals surface area contributed by atoms with Crippen molar-refractivity contribution in [3.05, 3.63) is 59.2 Å². The minimum atomic E-state index is 0.726. The van der Waals surface area contributed by atoms with E-state index >= 15 is 0 Å². The lowest BCUT2D eigenvalue weighted by Gasteiger charge is -2.02. The molecule has 0 amide bonds. The van der Waals surface area contributed by atoms with Gasteiger partial charge in [0.1, 0.15) is 0 Å². The molecule has 0 N–H and O–H groups in total. The molecule has 0 unspecified atom stereocenters. The molecule has 0 heterocycles. The predicted octanol–water partition coefficient (Wildman–Crippen LogP) is 3.43. The first-order valence-corrected chi connectivity index (χ1v) is 5.52. The summed E-state index contributed by atoms with van der Waals surface area (Å²) in [4.78, 5) is 0. The maximum Gasteiger partial charge on any atom is 0.0337 e. The lowest BCUT2D eigenvalue weighted by atomic mass is 10.0. The van der Waals surface area contributed by atoms with Crippen molar-refractivity contribution in [3.8, 4) is 23.5 Å². The first-order valence-electron chi connectivity index (χ1n) is 5.52. The van der Waals surface area contributed by atoms with Crippen LogP contribution in [0.1, 0.15) is 16.7 Å². The van der Waals surface area contributed by atoms with Crippen LogP contribution in [-0.4, -0.2) is 0 Å². The van der Waals surface area contributed by atoms with Crippen molar-refractivity contribution in [2.45, 2.75) is 12.8 Å². The van der Waals surface area contributed by atoms with Gasteiger partial charge in [-0.15, -0.1) is 12.3 Å². The van der Waals surface area contributed by atoms with Crippen molar-refractivity contribution in [2.24, 2.45) is 0 Å². The standard InChI is InChI=1S/C16H12/c1-2-5-12-8-9-16-14(10-12)11-13-6-3-4-7-15(13)16/h1,3-4,6-10H,5,11H2. The second kappa shape index (κ2) is 3.54. The van der Waals surface area contributed by atoms with Gasteiger partial charge in [0, 0.05) is 6.42 Å². The zero-order valence-corrected chi connectivity index (χ0v) is 9.03. The summed E-state index contributed by atoms with van der Waals surface area (Å²) >= 11 is 0. The Morgan fingerprint density at radius 1 is 1.00 bits per heavy atom. The molecule has 0 heteroatoms. The summed E-state index contributed by atoms with van der Waals surface area (Å²) in [7, 11) is 0. The van der Waals surface area contributed by atoms with Crippen LogP contribution < -0.4 is 0 Å². The van der Waals surface area contributed by atoms with Crippen molar-refractivity contribution in [2.75, 3.05) is 0 Å². The molecule has 16 heavy (non-hydrogen) atoms. The number of hydrogen-bond donors (Lipinski definition) is 0. The molecule has 0 aliphatic heterocycles. The Morgan fingerprint density at radius 2 is 1.81 bits per heavy atom. The molecule has 3 rings (SSSR count). The Kier molecular flexibility index (Phi) is 2.04. The molecule has 2 aromatic carbocycles. The molecule has 2 aromatic rings. The smallest absolute Gasteiger partial charge is 0.0337 e. The van der Waals surface area contributed by atoms with Gasteiger partial charge in [-0.2, -0.15) is 0 Å². The summed E-state index contributed by atoms with van der Waals surface area (Å²) < 4.78 is 0. The second-order valence-electron chi connectivity index (χ2n) is 4.21. The van der Waals surface area contributed by atoms with Gasteiger partial charge < -0.3 is 0 Å². The Balaban J connectivity index is 2.11. The van der Waals surface area contributed by atoms with Crippen LogP contribution in [0.2, 0.25) is 0 Å². The molecule has 1 aliphatic rings. The summed E-state index contributed by atoms with van der Waals surface area (Å²) in [6.07, 6.45) is 7.11. The molecular weight excluding hydrogens is 192 g/mol. The van der Waals surface area contributed by atoms with E-state index in [0.717, 1.165) is 12.8 Å². The van der Waals surface area contributed by atoms with E-state index in [9.17, 15) is 0 Å². The van der Waals surface area contributed by atoms with Crippen LogP contribution in [0.3, 0.4) is 0 Å². The fourth-order valence-corrected chi connectivity index (χ4v) is 2.43. The highest BCUT2D eigenvalue weighted by Gasteiger charge is 2.17. The Labute approximate surface area is 95.9 Å². The molecule has 0 spiro atoms. The number of hydrogen-bond acceptors (Lipinski definition) is 0. The SMILES string of the molecule is C#CCc1ccc2c(c1)Cc1ccccc1-2.